The molecule has 0 amide bonds. The number of hydrogen-bond donors (Lipinski definition) is 2. The normalized spacial score (nSPS) is 28.3. The molecular weight excluding hydrogens is 310 g/mol. The van der Waals surface area contributed by atoms with Crippen molar-refractivity contribution in [1.29, 1.82) is 0 Å². The van der Waals surface area contributed by atoms with Gasteiger partial charge in [-0.1, -0.05) is 38.8 Å². The molecule has 1 saturated carbocycles. The molecule has 0 radical (unpaired) electrons. The molecule has 1 aromatic rings. The van der Waals surface area contributed by atoms with E-state index in [2.05, 4.69) is 19.2 Å². The van der Waals surface area contributed by atoms with E-state index in [9.17, 15) is 13.5 Å². The maximum Gasteiger partial charge on any atom is 0.175 e. The first kappa shape index (κ1) is 18.4. The Morgan fingerprint density at radius 1 is 1.22 bits per heavy atom. The molecule has 0 saturated heterocycles. The van der Waals surface area contributed by atoms with Crippen LogP contribution < -0.4 is 5.32 Å². The fourth-order valence-electron chi connectivity index (χ4n) is 3.36. The summed E-state index contributed by atoms with van der Waals surface area (Å²) >= 11 is 0. The second kappa shape index (κ2) is 6.91. The third kappa shape index (κ3) is 4.55. The predicted octanol–water partition coefficient (Wildman–Crippen LogP) is 2.71. The zero-order valence-electron chi connectivity index (χ0n) is 14.5. The standard InChI is InChI=1S/C18H29NO3S/c1-13-6-5-7-17(14(13)2)19-12-18(3,20)15-8-10-16(11-9-15)23(4,21)22/h8-11,13-14,17,19-20H,5-7,12H2,1-4H3/t13-,14-,17+,18-/m1/s1. The molecule has 5 heteroatoms. The molecule has 1 aliphatic carbocycles. The first-order valence-electron chi connectivity index (χ1n) is 8.37. The monoisotopic (exact) mass is 339 g/mol. The van der Waals surface area contributed by atoms with E-state index in [-0.39, 0.29) is 4.90 Å². The fourth-order valence-corrected chi connectivity index (χ4v) is 3.99. The summed E-state index contributed by atoms with van der Waals surface area (Å²) in [5, 5.41) is 14.3. The quantitative estimate of drug-likeness (QED) is 0.865. The highest BCUT2D eigenvalue weighted by molar-refractivity contribution is 7.90. The van der Waals surface area contributed by atoms with Gasteiger partial charge in [-0.3, -0.25) is 0 Å². The Kier molecular flexibility index (Phi) is 5.54. The molecule has 4 nitrogen and oxygen atoms in total. The highest BCUT2D eigenvalue weighted by Crippen LogP contribution is 2.30. The molecule has 2 rings (SSSR count). The molecule has 0 heterocycles. The molecule has 1 aliphatic rings. The van der Waals surface area contributed by atoms with Crippen molar-refractivity contribution >= 4 is 9.84 Å². The summed E-state index contributed by atoms with van der Waals surface area (Å²) in [6, 6.07) is 6.95. The van der Waals surface area contributed by atoms with Gasteiger partial charge in [0.15, 0.2) is 9.84 Å². The molecule has 130 valence electrons. The average Bonchev–Trinajstić information content (AvgIpc) is 2.48. The Balaban J connectivity index is 2.03. The minimum atomic E-state index is -3.21. The van der Waals surface area contributed by atoms with E-state index in [0.717, 1.165) is 12.0 Å². The van der Waals surface area contributed by atoms with Crippen LogP contribution in [0.3, 0.4) is 0 Å². The van der Waals surface area contributed by atoms with Gasteiger partial charge in [0.25, 0.3) is 0 Å². The number of aliphatic hydroxyl groups is 1. The van der Waals surface area contributed by atoms with Gasteiger partial charge < -0.3 is 10.4 Å². The molecule has 0 unspecified atom stereocenters. The topological polar surface area (TPSA) is 66.4 Å². The summed E-state index contributed by atoms with van der Waals surface area (Å²) in [6.07, 6.45) is 4.85. The van der Waals surface area contributed by atoms with Gasteiger partial charge in [-0.25, -0.2) is 8.42 Å². The van der Waals surface area contributed by atoms with Gasteiger partial charge in [-0.05, 0) is 42.9 Å². The molecule has 2 N–H and O–H groups in total. The smallest absolute Gasteiger partial charge is 0.175 e. The predicted molar refractivity (Wildman–Crippen MR) is 93.1 cm³/mol. The lowest BCUT2D eigenvalue weighted by atomic mass is 9.78. The van der Waals surface area contributed by atoms with Crippen molar-refractivity contribution in [3.63, 3.8) is 0 Å². The van der Waals surface area contributed by atoms with Crippen LogP contribution in [0.2, 0.25) is 0 Å². The van der Waals surface area contributed by atoms with Gasteiger partial charge >= 0.3 is 0 Å². The van der Waals surface area contributed by atoms with E-state index in [0.29, 0.717) is 24.4 Å². The van der Waals surface area contributed by atoms with Gasteiger partial charge in [0.05, 0.1) is 10.5 Å². The van der Waals surface area contributed by atoms with E-state index in [1.54, 1.807) is 31.2 Å². The first-order valence-corrected chi connectivity index (χ1v) is 10.3. The molecule has 1 fully saturated rings. The van der Waals surface area contributed by atoms with Crippen LogP contribution in [0.1, 0.15) is 45.6 Å². The third-order valence-corrected chi connectivity index (χ3v) is 6.45. The maximum atomic E-state index is 11.5. The van der Waals surface area contributed by atoms with Crippen LogP contribution >= 0.6 is 0 Å². The van der Waals surface area contributed by atoms with Crippen LogP contribution in [-0.2, 0) is 15.4 Å². The minimum absolute atomic E-state index is 0.278. The third-order valence-electron chi connectivity index (χ3n) is 5.32. The van der Waals surface area contributed by atoms with E-state index < -0.39 is 15.4 Å². The lowest BCUT2D eigenvalue weighted by molar-refractivity contribution is 0.0468. The Morgan fingerprint density at radius 2 is 1.83 bits per heavy atom. The van der Waals surface area contributed by atoms with E-state index in [1.807, 2.05) is 0 Å². The molecule has 23 heavy (non-hydrogen) atoms. The van der Waals surface area contributed by atoms with Crippen molar-refractivity contribution in [1.82, 2.24) is 5.32 Å². The van der Waals surface area contributed by atoms with Crippen LogP contribution in [-0.4, -0.2) is 32.4 Å². The highest BCUT2D eigenvalue weighted by Gasteiger charge is 2.30. The molecule has 0 spiro atoms. The minimum Gasteiger partial charge on any atom is -0.384 e. The second-order valence-corrected chi connectivity index (χ2v) is 9.34. The van der Waals surface area contributed by atoms with Crippen molar-refractivity contribution in [3.05, 3.63) is 29.8 Å². The Hall–Kier alpha value is -0.910. The van der Waals surface area contributed by atoms with Gasteiger partial charge in [0.1, 0.15) is 0 Å². The first-order chi connectivity index (χ1) is 10.6. The number of benzene rings is 1. The molecular formula is C18H29NO3S. The van der Waals surface area contributed by atoms with Crippen molar-refractivity contribution in [2.45, 2.75) is 56.6 Å². The molecule has 0 aromatic heterocycles. The molecule has 0 aliphatic heterocycles. The van der Waals surface area contributed by atoms with Crippen LogP contribution in [0.15, 0.2) is 29.2 Å². The lowest BCUT2D eigenvalue weighted by Crippen LogP contribution is -2.46. The zero-order chi connectivity index (χ0) is 17.3. The van der Waals surface area contributed by atoms with E-state index in [1.165, 1.54) is 19.1 Å². The summed E-state index contributed by atoms with van der Waals surface area (Å²) in [5.74, 6) is 1.31. The van der Waals surface area contributed by atoms with Crippen molar-refractivity contribution in [2.24, 2.45) is 11.8 Å². The molecule has 0 bridgehead atoms. The Bertz CT molecular complexity index is 622. The number of hydrogen-bond acceptors (Lipinski definition) is 4. The summed E-state index contributed by atoms with van der Waals surface area (Å²) in [5.41, 5.74) is -0.287. The van der Waals surface area contributed by atoms with Crippen molar-refractivity contribution in [2.75, 3.05) is 12.8 Å². The van der Waals surface area contributed by atoms with Crippen LogP contribution in [0.4, 0.5) is 0 Å². The highest BCUT2D eigenvalue weighted by atomic mass is 32.2. The van der Waals surface area contributed by atoms with Gasteiger partial charge in [-0.2, -0.15) is 0 Å². The summed E-state index contributed by atoms with van der Waals surface area (Å²) in [6.45, 7) is 6.80. The molecule has 4 atom stereocenters. The Labute approximate surface area is 140 Å². The fraction of sp³-hybridized carbons (Fsp3) is 0.667. The van der Waals surface area contributed by atoms with Crippen LogP contribution in [0.25, 0.3) is 0 Å². The largest absolute Gasteiger partial charge is 0.384 e. The van der Waals surface area contributed by atoms with Gasteiger partial charge in [0.2, 0.25) is 0 Å². The zero-order valence-corrected chi connectivity index (χ0v) is 15.4. The SMILES string of the molecule is C[C@@H]1[C@H](C)CCC[C@@H]1NC[C@@](C)(O)c1ccc(S(C)(=O)=O)cc1. The van der Waals surface area contributed by atoms with Gasteiger partial charge in [0, 0.05) is 18.8 Å². The summed E-state index contributed by atoms with van der Waals surface area (Å²) in [7, 11) is -3.21. The number of rotatable bonds is 5. The molecule has 1 aromatic carbocycles. The summed E-state index contributed by atoms with van der Waals surface area (Å²) in [4.78, 5) is 0.278. The summed E-state index contributed by atoms with van der Waals surface area (Å²) < 4.78 is 23.0. The van der Waals surface area contributed by atoms with E-state index in [4.69, 9.17) is 0 Å². The number of sulfone groups is 1. The van der Waals surface area contributed by atoms with Crippen LogP contribution in [0.5, 0.6) is 0 Å². The van der Waals surface area contributed by atoms with Crippen LogP contribution in [0, 0.1) is 11.8 Å². The van der Waals surface area contributed by atoms with Gasteiger partial charge in [-0.15, -0.1) is 0 Å². The lowest BCUT2D eigenvalue weighted by Gasteiger charge is -2.37. The second-order valence-electron chi connectivity index (χ2n) is 7.33. The van der Waals surface area contributed by atoms with Crippen molar-refractivity contribution in [3.8, 4) is 0 Å². The number of nitrogens with one attached hydrogen (secondary N) is 1. The maximum absolute atomic E-state index is 11.5. The van der Waals surface area contributed by atoms with Crippen molar-refractivity contribution < 1.29 is 13.5 Å². The Morgan fingerprint density at radius 3 is 2.39 bits per heavy atom. The average molecular weight is 340 g/mol. The van der Waals surface area contributed by atoms with E-state index >= 15 is 0 Å².